The normalized spacial score (nSPS) is 10.1. The highest BCUT2D eigenvalue weighted by molar-refractivity contribution is 6.01. The SMILES string of the molecule is COc1cc(NC(=O)Cc2ccc([N+](=O)[O-])cc2)c(C(=O)[O-])cc1OC. The number of nitrogens with one attached hydrogen (secondary N) is 1. The van der Waals surface area contributed by atoms with Gasteiger partial charge < -0.3 is 24.7 Å². The summed E-state index contributed by atoms with van der Waals surface area (Å²) < 4.78 is 10.1. The van der Waals surface area contributed by atoms with Crippen LogP contribution in [0.5, 0.6) is 11.5 Å². The third-order valence-corrected chi connectivity index (χ3v) is 3.53. The molecule has 0 saturated heterocycles. The van der Waals surface area contributed by atoms with Crippen LogP contribution < -0.4 is 19.9 Å². The molecule has 0 unspecified atom stereocenters. The molecule has 1 N–H and O–H groups in total. The predicted molar refractivity (Wildman–Crippen MR) is 89.3 cm³/mol. The van der Waals surface area contributed by atoms with E-state index in [1.54, 1.807) is 0 Å². The zero-order valence-electron chi connectivity index (χ0n) is 14.0. The fourth-order valence-corrected chi connectivity index (χ4v) is 2.27. The van der Waals surface area contributed by atoms with E-state index >= 15 is 0 Å². The Morgan fingerprint density at radius 1 is 1.08 bits per heavy atom. The van der Waals surface area contributed by atoms with Crippen LogP contribution in [-0.2, 0) is 11.2 Å². The van der Waals surface area contributed by atoms with E-state index in [2.05, 4.69) is 5.32 Å². The van der Waals surface area contributed by atoms with Crippen molar-refractivity contribution in [2.24, 2.45) is 0 Å². The van der Waals surface area contributed by atoms with Gasteiger partial charge in [0.15, 0.2) is 11.5 Å². The number of anilines is 1. The minimum Gasteiger partial charge on any atom is -0.545 e. The first-order valence-corrected chi connectivity index (χ1v) is 7.36. The number of carbonyl (C=O) groups excluding carboxylic acids is 2. The number of hydrogen-bond acceptors (Lipinski definition) is 7. The third kappa shape index (κ3) is 4.26. The van der Waals surface area contributed by atoms with Gasteiger partial charge in [0.25, 0.3) is 5.69 Å². The fraction of sp³-hybridized carbons (Fsp3) is 0.176. The van der Waals surface area contributed by atoms with E-state index < -0.39 is 16.8 Å². The number of benzene rings is 2. The lowest BCUT2D eigenvalue weighted by Gasteiger charge is -2.16. The highest BCUT2D eigenvalue weighted by atomic mass is 16.6. The Kier molecular flexibility index (Phi) is 5.74. The number of nitro benzene ring substituents is 1. The van der Waals surface area contributed by atoms with Gasteiger partial charge in [-0.1, -0.05) is 12.1 Å². The second kappa shape index (κ2) is 7.97. The lowest BCUT2D eigenvalue weighted by Crippen LogP contribution is -2.25. The molecule has 2 rings (SSSR count). The average Bonchev–Trinajstić information content (AvgIpc) is 2.61. The highest BCUT2D eigenvalue weighted by Crippen LogP contribution is 2.33. The zero-order valence-corrected chi connectivity index (χ0v) is 14.0. The molecule has 9 nitrogen and oxygen atoms in total. The molecule has 2 aromatic carbocycles. The first-order valence-electron chi connectivity index (χ1n) is 7.36. The third-order valence-electron chi connectivity index (χ3n) is 3.53. The van der Waals surface area contributed by atoms with Crippen LogP contribution in [0.1, 0.15) is 15.9 Å². The molecule has 0 aliphatic carbocycles. The Balaban J connectivity index is 2.22. The first-order chi connectivity index (χ1) is 12.3. The van der Waals surface area contributed by atoms with Crippen molar-refractivity contribution in [3.63, 3.8) is 0 Å². The van der Waals surface area contributed by atoms with Crippen LogP contribution in [-0.4, -0.2) is 31.0 Å². The number of nitro groups is 1. The van der Waals surface area contributed by atoms with Crippen LogP contribution in [0.25, 0.3) is 0 Å². The van der Waals surface area contributed by atoms with E-state index in [1.165, 1.54) is 50.6 Å². The van der Waals surface area contributed by atoms with Crippen molar-refractivity contribution in [3.8, 4) is 11.5 Å². The number of hydrogen-bond donors (Lipinski definition) is 1. The number of carboxylic acids is 1. The Bertz CT molecular complexity index is 847. The average molecular weight is 359 g/mol. The molecule has 0 aliphatic rings. The topological polar surface area (TPSA) is 131 Å². The van der Waals surface area contributed by atoms with Gasteiger partial charge in [-0.3, -0.25) is 14.9 Å². The minimum atomic E-state index is -1.49. The number of carboxylic acid groups (broad SMARTS) is 1. The van der Waals surface area contributed by atoms with Crippen LogP contribution >= 0.6 is 0 Å². The summed E-state index contributed by atoms with van der Waals surface area (Å²) in [7, 11) is 2.72. The standard InChI is InChI=1S/C17H16N2O7/c1-25-14-8-12(17(21)22)13(9-15(14)26-2)18-16(20)7-10-3-5-11(6-4-10)19(23)24/h3-6,8-9H,7H2,1-2H3,(H,18,20)(H,21,22)/p-1. The number of rotatable bonds is 7. The molecule has 0 radical (unpaired) electrons. The Hall–Kier alpha value is -3.62. The van der Waals surface area contributed by atoms with Crippen molar-refractivity contribution in [1.29, 1.82) is 0 Å². The number of amides is 1. The highest BCUT2D eigenvalue weighted by Gasteiger charge is 2.15. The molecule has 0 bridgehead atoms. The molecular weight excluding hydrogens is 344 g/mol. The van der Waals surface area contributed by atoms with Gasteiger partial charge in [-0.25, -0.2) is 0 Å². The monoisotopic (exact) mass is 359 g/mol. The van der Waals surface area contributed by atoms with Crippen LogP contribution in [0.3, 0.4) is 0 Å². The fourth-order valence-electron chi connectivity index (χ4n) is 2.27. The lowest BCUT2D eigenvalue weighted by molar-refractivity contribution is -0.384. The van der Waals surface area contributed by atoms with E-state index in [0.29, 0.717) is 5.56 Å². The van der Waals surface area contributed by atoms with Crippen molar-refractivity contribution in [3.05, 3.63) is 57.6 Å². The molecule has 0 aromatic heterocycles. The predicted octanol–water partition coefficient (Wildman–Crippen LogP) is 1.16. The van der Waals surface area contributed by atoms with Crippen molar-refractivity contribution >= 4 is 23.3 Å². The van der Waals surface area contributed by atoms with Crippen molar-refractivity contribution in [1.82, 2.24) is 0 Å². The number of ether oxygens (including phenoxy) is 2. The molecule has 0 atom stereocenters. The number of carbonyl (C=O) groups is 2. The summed E-state index contributed by atoms with van der Waals surface area (Å²) >= 11 is 0. The van der Waals surface area contributed by atoms with E-state index in [4.69, 9.17) is 9.47 Å². The van der Waals surface area contributed by atoms with Crippen LogP contribution in [0, 0.1) is 10.1 Å². The molecule has 0 saturated carbocycles. The number of methoxy groups -OCH3 is 2. The van der Waals surface area contributed by atoms with Gasteiger partial charge in [-0.05, 0) is 11.6 Å². The number of non-ortho nitro benzene ring substituents is 1. The number of nitrogens with zero attached hydrogens (tertiary/aromatic N) is 1. The summed E-state index contributed by atoms with van der Waals surface area (Å²) in [6, 6.07) is 7.97. The van der Waals surface area contributed by atoms with Gasteiger partial charge in [0, 0.05) is 23.8 Å². The van der Waals surface area contributed by atoms with Gasteiger partial charge in [-0.15, -0.1) is 0 Å². The summed E-state index contributed by atoms with van der Waals surface area (Å²) in [4.78, 5) is 33.6. The van der Waals surface area contributed by atoms with Gasteiger partial charge in [-0.2, -0.15) is 0 Å². The Morgan fingerprint density at radius 3 is 2.15 bits per heavy atom. The largest absolute Gasteiger partial charge is 0.545 e. The molecule has 0 heterocycles. The Labute approximate surface area is 148 Å². The number of aromatic carboxylic acids is 1. The molecule has 0 spiro atoms. The van der Waals surface area contributed by atoms with Gasteiger partial charge in [0.1, 0.15) is 0 Å². The molecule has 136 valence electrons. The van der Waals surface area contributed by atoms with E-state index in [9.17, 15) is 24.8 Å². The van der Waals surface area contributed by atoms with Crippen LogP contribution in [0.4, 0.5) is 11.4 Å². The second-order valence-corrected chi connectivity index (χ2v) is 5.19. The molecule has 0 fully saturated rings. The second-order valence-electron chi connectivity index (χ2n) is 5.19. The zero-order chi connectivity index (χ0) is 19.3. The van der Waals surface area contributed by atoms with E-state index in [-0.39, 0.29) is 34.9 Å². The summed E-state index contributed by atoms with van der Waals surface area (Å²) in [6.07, 6.45) is -0.0984. The molecule has 2 aromatic rings. The summed E-state index contributed by atoms with van der Waals surface area (Å²) in [5.74, 6) is -1.58. The Morgan fingerprint density at radius 2 is 1.65 bits per heavy atom. The quantitative estimate of drug-likeness (QED) is 0.579. The lowest BCUT2D eigenvalue weighted by atomic mass is 10.1. The summed E-state index contributed by atoms with van der Waals surface area (Å²) in [5, 5.41) is 24.4. The van der Waals surface area contributed by atoms with E-state index in [0.717, 1.165) is 0 Å². The minimum absolute atomic E-state index is 0.00504. The molecular formula is C17H15N2O7-. The molecule has 9 heteroatoms. The van der Waals surface area contributed by atoms with Gasteiger partial charge >= 0.3 is 0 Å². The van der Waals surface area contributed by atoms with E-state index in [1.807, 2.05) is 0 Å². The van der Waals surface area contributed by atoms with Crippen LogP contribution in [0.2, 0.25) is 0 Å². The molecule has 0 aliphatic heterocycles. The van der Waals surface area contributed by atoms with Gasteiger partial charge in [0.05, 0.1) is 37.2 Å². The first kappa shape index (κ1) is 18.7. The molecule has 1 amide bonds. The summed E-state index contributed by atoms with van der Waals surface area (Å²) in [6.45, 7) is 0. The van der Waals surface area contributed by atoms with Crippen molar-refractivity contribution in [2.75, 3.05) is 19.5 Å². The maximum absolute atomic E-state index is 12.2. The van der Waals surface area contributed by atoms with Gasteiger partial charge in [0.2, 0.25) is 5.91 Å². The van der Waals surface area contributed by atoms with Crippen molar-refractivity contribution in [2.45, 2.75) is 6.42 Å². The van der Waals surface area contributed by atoms with Crippen molar-refractivity contribution < 1.29 is 29.1 Å². The maximum atomic E-state index is 12.2. The smallest absolute Gasteiger partial charge is 0.269 e. The maximum Gasteiger partial charge on any atom is 0.269 e. The molecule has 26 heavy (non-hydrogen) atoms. The summed E-state index contributed by atoms with van der Waals surface area (Å²) in [5.41, 5.74) is 0.172. The van der Waals surface area contributed by atoms with Crippen LogP contribution in [0.15, 0.2) is 36.4 Å².